The van der Waals surface area contributed by atoms with Crippen LogP contribution in [0.5, 0.6) is 0 Å². The van der Waals surface area contributed by atoms with Crippen molar-refractivity contribution in [2.75, 3.05) is 0 Å². The zero-order valence-corrected chi connectivity index (χ0v) is 13.1. The lowest BCUT2D eigenvalue weighted by Gasteiger charge is -2.14. The molecule has 7 heteroatoms. The minimum absolute atomic E-state index is 0.0669. The normalized spacial score (nSPS) is 18.6. The number of fused-ring (bicyclic) bond motifs is 1. The summed E-state index contributed by atoms with van der Waals surface area (Å²) in [5.74, 6) is 0. The standard InChI is InChI=1S/C14H11BrF3NOS/c15-7-4-5-8(9(6-7)14(16,17)18)13-19-10-2-1-3-11(20)12(10)21-13/h4-6,11,20H,1-3H2. The van der Waals surface area contributed by atoms with E-state index in [0.29, 0.717) is 27.2 Å². The predicted molar refractivity (Wildman–Crippen MR) is 78.1 cm³/mol. The van der Waals surface area contributed by atoms with Gasteiger partial charge in [-0.2, -0.15) is 13.2 Å². The first-order valence-corrected chi connectivity index (χ1v) is 8.02. The maximum absolute atomic E-state index is 13.2. The average molecular weight is 378 g/mol. The van der Waals surface area contributed by atoms with Gasteiger partial charge >= 0.3 is 6.18 Å². The van der Waals surface area contributed by atoms with Gasteiger partial charge in [0.15, 0.2) is 0 Å². The van der Waals surface area contributed by atoms with Crippen LogP contribution in [-0.4, -0.2) is 10.1 Å². The number of aromatic nitrogens is 1. The second-order valence-corrected chi connectivity index (χ2v) is 6.87. The molecule has 0 fully saturated rings. The summed E-state index contributed by atoms with van der Waals surface area (Å²) < 4.78 is 39.9. The molecule has 1 aliphatic carbocycles. The van der Waals surface area contributed by atoms with Crippen molar-refractivity contribution in [3.05, 3.63) is 38.8 Å². The zero-order chi connectivity index (χ0) is 15.2. The van der Waals surface area contributed by atoms with E-state index in [9.17, 15) is 18.3 Å². The highest BCUT2D eigenvalue weighted by molar-refractivity contribution is 9.10. The minimum Gasteiger partial charge on any atom is -0.388 e. The maximum atomic E-state index is 13.2. The highest BCUT2D eigenvalue weighted by atomic mass is 79.9. The summed E-state index contributed by atoms with van der Waals surface area (Å²) in [5.41, 5.74) is 0.0829. The van der Waals surface area contributed by atoms with Crippen LogP contribution in [0.25, 0.3) is 10.6 Å². The monoisotopic (exact) mass is 377 g/mol. The summed E-state index contributed by atoms with van der Waals surface area (Å²) in [4.78, 5) is 5.02. The van der Waals surface area contributed by atoms with Gasteiger partial charge in [0.25, 0.3) is 0 Å². The van der Waals surface area contributed by atoms with Crippen LogP contribution in [0.1, 0.15) is 35.1 Å². The number of rotatable bonds is 1. The number of hydrogen-bond acceptors (Lipinski definition) is 3. The van der Waals surface area contributed by atoms with E-state index in [1.165, 1.54) is 6.07 Å². The molecule has 1 aromatic carbocycles. The Bertz CT molecular complexity index is 683. The lowest BCUT2D eigenvalue weighted by Crippen LogP contribution is -2.07. The molecule has 0 bridgehead atoms. The van der Waals surface area contributed by atoms with Gasteiger partial charge in [-0.05, 0) is 31.4 Å². The third kappa shape index (κ3) is 2.86. The summed E-state index contributed by atoms with van der Waals surface area (Å²) in [5, 5.41) is 10.3. The van der Waals surface area contributed by atoms with E-state index >= 15 is 0 Å². The van der Waals surface area contributed by atoms with Gasteiger partial charge in [0, 0.05) is 10.0 Å². The Balaban J connectivity index is 2.13. The molecule has 0 saturated carbocycles. The molecule has 1 atom stereocenters. The number of alkyl halides is 3. The molecule has 0 radical (unpaired) electrons. The first-order valence-electron chi connectivity index (χ1n) is 6.41. The van der Waals surface area contributed by atoms with Crippen molar-refractivity contribution in [2.24, 2.45) is 0 Å². The Morgan fingerprint density at radius 2 is 2.10 bits per heavy atom. The number of halogens is 4. The largest absolute Gasteiger partial charge is 0.417 e. The SMILES string of the molecule is OC1CCCc2nc(-c3ccc(Br)cc3C(F)(F)F)sc21. The highest BCUT2D eigenvalue weighted by Gasteiger charge is 2.35. The molecular weight excluding hydrogens is 367 g/mol. The molecule has 0 aliphatic heterocycles. The average Bonchev–Trinajstić information content (AvgIpc) is 2.83. The smallest absolute Gasteiger partial charge is 0.388 e. The zero-order valence-electron chi connectivity index (χ0n) is 10.7. The van der Waals surface area contributed by atoms with E-state index in [2.05, 4.69) is 20.9 Å². The van der Waals surface area contributed by atoms with Crippen LogP contribution >= 0.6 is 27.3 Å². The number of benzene rings is 1. The van der Waals surface area contributed by atoms with Gasteiger partial charge in [0.05, 0.1) is 22.2 Å². The van der Waals surface area contributed by atoms with Gasteiger partial charge in [0.1, 0.15) is 5.01 Å². The van der Waals surface area contributed by atoms with E-state index in [0.717, 1.165) is 29.5 Å². The Labute approximate surface area is 131 Å². The van der Waals surface area contributed by atoms with Crippen molar-refractivity contribution in [1.29, 1.82) is 0 Å². The second kappa shape index (κ2) is 5.37. The molecule has 2 aromatic rings. The molecular formula is C14H11BrF3NOS. The lowest BCUT2D eigenvalue weighted by atomic mass is 10.0. The van der Waals surface area contributed by atoms with Crippen molar-refractivity contribution in [1.82, 2.24) is 4.98 Å². The second-order valence-electron chi connectivity index (χ2n) is 4.93. The molecule has 21 heavy (non-hydrogen) atoms. The number of aryl methyl sites for hydroxylation is 1. The Hall–Kier alpha value is -0.920. The number of nitrogens with zero attached hydrogens (tertiary/aromatic N) is 1. The molecule has 1 N–H and O–H groups in total. The third-order valence-corrected chi connectivity index (χ3v) is 5.16. The van der Waals surface area contributed by atoms with E-state index in [1.54, 1.807) is 6.07 Å². The number of aliphatic hydroxyl groups excluding tert-OH is 1. The van der Waals surface area contributed by atoms with E-state index in [4.69, 9.17) is 0 Å². The molecule has 112 valence electrons. The van der Waals surface area contributed by atoms with Crippen LogP contribution in [-0.2, 0) is 12.6 Å². The minimum atomic E-state index is -4.44. The number of aliphatic hydroxyl groups is 1. The molecule has 1 aliphatic rings. The van der Waals surface area contributed by atoms with E-state index in [1.807, 2.05) is 0 Å². The first kappa shape index (κ1) is 15.0. The summed E-state index contributed by atoms with van der Waals surface area (Å²) in [6.07, 6.45) is -2.89. The topological polar surface area (TPSA) is 33.1 Å². The Kier molecular flexibility index (Phi) is 3.83. The van der Waals surface area contributed by atoms with Crippen molar-refractivity contribution in [3.8, 4) is 10.6 Å². The van der Waals surface area contributed by atoms with Gasteiger partial charge < -0.3 is 5.11 Å². The maximum Gasteiger partial charge on any atom is 0.417 e. The van der Waals surface area contributed by atoms with Crippen LogP contribution in [0.15, 0.2) is 22.7 Å². The van der Waals surface area contributed by atoms with Crippen LogP contribution in [0.2, 0.25) is 0 Å². The van der Waals surface area contributed by atoms with Crippen LogP contribution in [0, 0.1) is 0 Å². The van der Waals surface area contributed by atoms with Gasteiger partial charge in [-0.25, -0.2) is 4.98 Å². The predicted octanol–water partition coefficient (Wildman–Crippen LogP) is 4.96. The molecule has 3 rings (SSSR count). The molecule has 1 unspecified atom stereocenters. The summed E-state index contributed by atoms with van der Waals surface area (Å²) >= 11 is 4.23. The number of hydrogen-bond donors (Lipinski definition) is 1. The molecule has 2 nitrogen and oxygen atoms in total. The van der Waals surface area contributed by atoms with Gasteiger partial charge in [0.2, 0.25) is 0 Å². The van der Waals surface area contributed by atoms with Crippen LogP contribution < -0.4 is 0 Å². The lowest BCUT2D eigenvalue weighted by molar-refractivity contribution is -0.137. The summed E-state index contributed by atoms with van der Waals surface area (Å²) in [6, 6.07) is 4.05. The van der Waals surface area contributed by atoms with E-state index in [-0.39, 0.29) is 5.56 Å². The third-order valence-electron chi connectivity index (χ3n) is 3.44. The van der Waals surface area contributed by atoms with Crippen LogP contribution in [0.3, 0.4) is 0 Å². The summed E-state index contributed by atoms with van der Waals surface area (Å²) in [7, 11) is 0. The van der Waals surface area contributed by atoms with Crippen molar-refractivity contribution >= 4 is 27.3 Å². The van der Waals surface area contributed by atoms with E-state index < -0.39 is 17.8 Å². The summed E-state index contributed by atoms with van der Waals surface area (Å²) in [6.45, 7) is 0. The van der Waals surface area contributed by atoms with Crippen molar-refractivity contribution in [2.45, 2.75) is 31.5 Å². The van der Waals surface area contributed by atoms with Crippen LogP contribution in [0.4, 0.5) is 13.2 Å². The van der Waals surface area contributed by atoms with Crippen molar-refractivity contribution in [3.63, 3.8) is 0 Å². The quantitative estimate of drug-likeness (QED) is 0.761. The fourth-order valence-corrected chi connectivity index (χ4v) is 3.98. The Morgan fingerprint density at radius 1 is 1.33 bits per heavy atom. The molecule has 0 spiro atoms. The molecule has 0 amide bonds. The van der Waals surface area contributed by atoms with Gasteiger partial charge in [-0.15, -0.1) is 11.3 Å². The fraction of sp³-hybridized carbons (Fsp3) is 0.357. The molecule has 0 saturated heterocycles. The Morgan fingerprint density at radius 3 is 2.76 bits per heavy atom. The first-order chi connectivity index (χ1) is 9.86. The van der Waals surface area contributed by atoms with Gasteiger partial charge in [-0.3, -0.25) is 0 Å². The van der Waals surface area contributed by atoms with Gasteiger partial charge in [-0.1, -0.05) is 22.0 Å². The fourth-order valence-electron chi connectivity index (χ4n) is 2.45. The molecule has 1 aromatic heterocycles. The van der Waals surface area contributed by atoms with Crippen molar-refractivity contribution < 1.29 is 18.3 Å². The molecule has 1 heterocycles. The highest BCUT2D eigenvalue weighted by Crippen LogP contribution is 2.43. The number of thiazole rings is 1.